The van der Waals surface area contributed by atoms with E-state index in [1.807, 2.05) is 34.6 Å². The van der Waals surface area contributed by atoms with Crippen molar-refractivity contribution in [3.63, 3.8) is 0 Å². The largest absolute Gasteiger partial charge is 0.444 e. The number of hydrogen-bond donors (Lipinski definition) is 3. The highest BCUT2D eigenvalue weighted by molar-refractivity contribution is 5.68. The monoisotopic (exact) mass is 313 g/mol. The fourth-order valence-electron chi connectivity index (χ4n) is 4.08. The maximum atomic E-state index is 12.1. The minimum atomic E-state index is -0.688. The van der Waals surface area contributed by atoms with Gasteiger partial charge in [-0.2, -0.15) is 0 Å². The number of nitrogens with one attached hydrogen (secondary N) is 1. The van der Waals surface area contributed by atoms with Gasteiger partial charge in [0.1, 0.15) is 5.60 Å². The third-order valence-electron chi connectivity index (χ3n) is 5.08. The Bertz CT molecular complexity index is 402. The van der Waals surface area contributed by atoms with Crippen molar-refractivity contribution in [1.82, 2.24) is 5.32 Å². The topological polar surface area (TPSA) is 78.8 Å². The molecule has 0 saturated heterocycles. The van der Waals surface area contributed by atoms with Crippen molar-refractivity contribution < 1.29 is 19.7 Å². The molecule has 1 amide bonds. The summed E-state index contributed by atoms with van der Waals surface area (Å²) in [6, 6.07) is -0.458. The first-order valence-electron chi connectivity index (χ1n) is 8.46. The molecule has 0 aromatic carbocycles. The molecule has 0 aromatic rings. The molecule has 2 saturated carbocycles. The molecule has 2 rings (SSSR count). The Hall–Kier alpha value is -0.810. The van der Waals surface area contributed by atoms with E-state index in [9.17, 15) is 15.0 Å². The zero-order chi connectivity index (χ0) is 16.7. The number of amides is 1. The first kappa shape index (κ1) is 17.5. The summed E-state index contributed by atoms with van der Waals surface area (Å²) in [5.41, 5.74) is -0.579. The van der Waals surface area contributed by atoms with Crippen molar-refractivity contribution >= 4 is 6.09 Å². The van der Waals surface area contributed by atoms with Crippen molar-refractivity contribution in [3.05, 3.63) is 0 Å². The van der Waals surface area contributed by atoms with Gasteiger partial charge >= 0.3 is 6.09 Å². The molecule has 2 fully saturated rings. The summed E-state index contributed by atoms with van der Waals surface area (Å²) < 4.78 is 5.33. The second-order valence-corrected chi connectivity index (χ2v) is 8.31. The van der Waals surface area contributed by atoms with Crippen LogP contribution in [0, 0.1) is 23.7 Å². The van der Waals surface area contributed by atoms with Crippen molar-refractivity contribution in [2.45, 2.75) is 77.7 Å². The lowest BCUT2D eigenvalue weighted by atomic mass is 9.77. The number of rotatable bonds is 4. The van der Waals surface area contributed by atoms with E-state index in [0.717, 1.165) is 19.3 Å². The van der Waals surface area contributed by atoms with Crippen LogP contribution in [0.4, 0.5) is 4.79 Å². The highest BCUT2D eigenvalue weighted by Gasteiger charge is 2.52. The first-order valence-corrected chi connectivity index (χ1v) is 8.46. The molecule has 5 nitrogen and oxygen atoms in total. The molecule has 5 heteroatoms. The van der Waals surface area contributed by atoms with E-state index in [1.165, 1.54) is 0 Å². The number of carbonyl (C=O) groups excluding carboxylic acids is 1. The molecule has 0 aliphatic heterocycles. The summed E-state index contributed by atoms with van der Waals surface area (Å²) in [7, 11) is 0. The normalized spacial score (nSPS) is 33.8. The van der Waals surface area contributed by atoms with Gasteiger partial charge < -0.3 is 20.3 Å². The number of ether oxygens (including phenoxy) is 1. The number of fused-ring (bicyclic) bond motifs is 2. The Labute approximate surface area is 133 Å². The van der Waals surface area contributed by atoms with Crippen LogP contribution in [0.2, 0.25) is 0 Å². The van der Waals surface area contributed by atoms with Gasteiger partial charge in [0, 0.05) is 5.92 Å². The summed E-state index contributed by atoms with van der Waals surface area (Å²) in [6.07, 6.45) is 1.48. The molecule has 2 aliphatic rings. The number of carbonyl (C=O) groups is 1. The third-order valence-corrected chi connectivity index (χ3v) is 5.08. The molecule has 0 heterocycles. The van der Waals surface area contributed by atoms with E-state index >= 15 is 0 Å². The molecule has 128 valence electrons. The van der Waals surface area contributed by atoms with Gasteiger partial charge in [0.25, 0.3) is 0 Å². The van der Waals surface area contributed by atoms with Gasteiger partial charge in [0.15, 0.2) is 0 Å². The van der Waals surface area contributed by atoms with E-state index < -0.39 is 29.9 Å². The average molecular weight is 313 g/mol. The van der Waals surface area contributed by atoms with Gasteiger partial charge in [-0.05, 0) is 57.8 Å². The highest BCUT2D eigenvalue weighted by Crippen LogP contribution is 2.50. The maximum Gasteiger partial charge on any atom is 0.407 e. The molecule has 0 radical (unpaired) electrons. The SMILES string of the molecule is CC(C)[C@@H](O)[C@@H](NC(=O)OC(C)(C)C)[C@H]1[C@@H]2CC[C@@H](C2)[C@H]1O. The highest BCUT2D eigenvalue weighted by atomic mass is 16.6. The van der Waals surface area contributed by atoms with Crippen molar-refractivity contribution in [2.24, 2.45) is 23.7 Å². The van der Waals surface area contributed by atoms with E-state index in [2.05, 4.69) is 5.32 Å². The first-order chi connectivity index (χ1) is 10.1. The Morgan fingerprint density at radius 3 is 2.27 bits per heavy atom. The van der Waals surface area contributed by atoms with Gasteiger partial charge in [-0.25, -0.2) is 4.79 Å². The van der Waals surface area contributed by atoms with Crippen LogP contribution in [0.25, 0.3) is 0 Å². The van der Waals surface area contributed by atoms with Gasteiger partial charge in [-0.3, -0.25) is 0 Å². The molecule has 2 aliphatic carbocycles. The van der Waals surface area contributed by atoms with Crippen LogP contribution in [-0.2, 0) is 4.74 Å². The molecule has 6 atom stereocenters. The van der Waals surface area contributed by atoms with Crippen molar-refractivity contribution in [3.8, 4) is 0 Å². The van der Waals surface area contributed by atoms with Crippen LogP contribution >= 0.6 is 0 Å². The zero-order valence-corrected chi connectivity index (χ0v) is 14.4. The summed E-state index contributed by atoms with van der Waals surface area (Å²) in [5, 5.41) is 23.9. The van der Waals surface area contributed by atoms with Crippen LogP contribution in [0.1, 0.15) is 53.9 Å². The predicted molar refractivity (Wildman–Crippen MR) is 84.3 cm³/mol. The molecule has 22 heavy (non-hydrogen) atoms. The predicted octanol–water partition coefficient (Wildman–Crippen LogP) is 2.30. The zero-order valence-electron chi connectivity index (χ0n) is 14.4. The average Bonchev–Trinajstić information content (AvgIpc) is 2.94. The third kappa shape index (κ3) is 3.74. The van der Waals surface area contributed by atoms with Crippen LogP contribution in [0.15, 0.2) is 0 Å². The lowest BCUT2D eigenvalue weighted by Crippen LogP contribution is -2.55. The van der Waals surface area contributed by atoms with Crippen LogP contribution < -0.4 is 5.32 Å². The summed E-state index contributed by atoms with van der Waals surface area (Å²) in [6.45, 7) is 9.29. The minimum absolute atomic E-state index is 0.00580. The number of hydrogen-bond acceptors (Lipinski definition) is 4. The van der Waals surface area contributed by atoms with Gasteiger partial charge in [-0.1, -0.05) is 13.8 Å². The van der Waals surface area contributed by atoms with Crippen molar-refractivity contribution in [1.29, 1.82) is 0 Å². The minimum Gasteiger partial charge on any atom is -0.444 e. The number of aliphatic hydroxyl groups is 2. The summed E-state index contributed by atoms with van der Waals surface area (Å²) in [5.74, 6) is 0.626. The Balaban J connectivity index is 2.12. The number of alkyl carbamates (subject to hydrolysis) is 1. The van der Waals surface area contributed by atoms with Crippen molar-refractivity contribution in [2.75, 3.05) is 0 Å². The molecule has 0 unspecified atom stereocenters. The Morgan fingerprint density at radius 2 is 1.82 bits per heavy atom. The molecule has 3 N–H and O–H groups in total. The lowest BCUT2D eigenvalue weighted by molar-refractivity contribution is -0.0206. The number of aliphatic hydroxyl groups excluding tert-OH is 2. The Kier molecular flexibility index (Phi) is 5.07. The van der Waals surface area contributed by atoms with Crippen LogP contribution in [-0.4, -0.2) is 40.2 Å². The smallest absolute Gasteiger partial charge is 0.407 e. The lowest BCUT2D eigenvalue weighted by Gasteiger charge is -2.38. The van der Waals surface area contributed by atoms with Crippen LogP contribution in [0.3, 0.4) is 0 Å². The van der Waals surface area contributed by atoms with Crippen LogP contribution in [0.5, 0.6) is 0 Å². The molecular formula is C17H31NO4. The molecular weight excluding hydrogens is 282 g/mol. The quantitative estimate of drug-likeness (QED) is 0.744. The Morgan fingerprint density at radius 1 is 1.23 bits per heavy atom. The fourth-order valence-corrected chi connectivity index (χ4v) is 4.08. The molecule has 0 aromatic heterocycles. The van der Waals surface area contributed by atoms with Gasteiger partial charge in [0.2, 0.25) is 0 Å². The van der Waals surface area contributed by atoms with E-state index in [0.29, 0.717) is 11.8 Å². The van der Waals surface area contributed by atoms with E-state index in [-0.39, 0.29) is 11.8 Å². The molecule has 0 spiro atoms. The van der Waals surface area contributed by atoms with Gasteiger partial charge in [-0.15, -0.1) is 0 Å². The summed E-state index contributed by atoms with van der Waals surface area (Å²) in [4.78, 5) is 12.1. The standard InChI is InChI=1S/C17H31NO4/c1-9(2)14(19)13(18-16(21)22-17(3,4)5)12-10-6-7-11(8-10)15(12)20/h9-15,19-20H,6-8H2,1-5H3,(H,18,21)/t10-,11+,12-,13+,14-,15-/m1/s1. The summed E-state index contributed by atoms with van der Waals surface area (Å²) >= 11 is 0. The second kappa shape index (κ2) is 6.36. The van der Waals surface area contributed by atoms with E-state index in [4.69, 9.17) is 4.74 Å². The maximum absolute atomic E-state index is 12.1. The van der Waals surface area contributed by atoms with E-state index in [1.54, 1.807) is 0 Å². The fraction of sp³-hybridized carbons (Fsp3) is 0.941. The van der Waals surface area contributed by atoms with Gasteiger partial charge in [0.05, 0.1) is 18.2 Å². The second-order valence-electron chi connectivity index (χ2n) is 8.31. The molecule has 2 bridgehead atoms.